The van der Waals surface area contributed by atoms with E-state index in [4.69, 9.17) is 9.15 Å². The molecule has 3 rings (SSSR count). The molecule has 0 spiro atoms. The van der Waals surface area contributed by atoms with Gasteiger partial charge in [-0.1, -0.05) is 24.3 Å². The number of aliphatic imine (C=N–C) groups is 1. The van der Waals surface area contributed by atoms with Crippen LogP contribution >= 0.6 is 24.0 Å². The van der Waals surface area contributed by atoms with Crippen molar-refractivity contribution >= 4 is 29.9 Å². The van der Waals surface area contributed by atoms with Crippen LogP contribution in [0.4, 0.5) is 0 Å². The standard InChI is InChI=1S/C24H36N4O3.HI/c1-5-25-23(27-17-24(4,29)22-7-6-12-30-22)26-13-20-8-10-21(11-9-20)16-28-14-18(2)31-19(3)15-28;/h6-12,18-19,29H,5,13-17H2,1-4H3,(H2,25,26,27);1H. The number of halogens is 1. The van der Waals surface area contributed by atoms with Gasteiger partial charge in [0, 0.05) is 26.2 Å². The molecule has 3 atom stereocenters. The van der Waals surface area contributed by atoms with Gasteiger partial charge in [0.25, 0.3) is 0 Å². The highest BCUT2D eigenvalue weighted by atomic mass is 127. The quantitative estimate of drug-likeness (QED) is 0.263. The smallest absolute Gasteiger partial charge is 0.191 e. The maximum absolute atomic E-state index is 10.6. The lowest BCUT2D eigenvalue weighted by Gasteiger charge is -2.35. The monoisotopic (exact) mass is 556 g/mol. The number of ether oxygens (including phenoxy) is 1. The number of aliphatic hydroxyl groups is 1. The van der Waals surface area contributed by atoms with Crippen LogP contribution in [0.3, 0.4) is 0 Å². The highest BCUT2D eigenvalue weighted by Crippen LogP contribution is 2.19. The van der Waals surface area contributed by atoms with Crippen molar-refractivity contribution in [1.82, 2.24) is 15.5 Å². The molecule has 0 amide bonds. The van der Waals surface area contributed by atoms with Gasteiger partial charge in [0.1, 0.15) is 11.4 Å². The van der Waals surface area contributed by atoms with E-state index in [0.29, 0.717) is 24.8 Å². The first-order valence-electron chi connectivity index (χ1n) is 11.1. The number of nitrogens with one attached hydrogen (secondary N) is 2. The Balaban J connectivity index is 0.00000363. The Kier molecular flexibility index (Phi) is 10.5. The zero-order chi connectivity index (χ0) is 22.3. The molecule has 8 heteroatoms. The van der Waals surface area contributed by atoms with E-state index >= 15 is 0 Å². The van der Waals surface area contributed by atoms with Crippen molar-refractivity contribution in [2.75, 3.05) is 26.2 Å². The minimum absolute atomic E-state index is 0. The summed E-state index contributed by atoms with van der Waals surface area (Å²) in [6.07, 6.45) is 2.12. The van der Waals surface area contributed by atoms with Crippen LogP contribution < -0.4 is 10.6 Å². The van der Waals surface area contributed by atoms with Gasteiger partial charge in [-0.2, -0.15) is 0 Å². The van der Waals surface area contributed by atoms with E-state index in [0.717, 1.165) is 31.7 Å². The van der Waals surface area contributed by atoms with Crippen molar-refractivity contribution in [2.24, 2.45) is 4.99 Å². The van der Waals surface area contributed by atoms with Crippen molar-refractivity contribution in [3.8, 4) is 0 Å². The molecule has 1 saturated heterocycles. The van der Waals surface area contributed by atoms with Crippen LogP contribution in [0.25, 0.3) is 0 Å². The first-order valence-corrected chi connectivity index (χ1v) is 11.1. The molecule has 3 unspecified atom stereocenters. The Morgan fingerprint density at radius 3 is 2.38 bits per heavy atom. The number of nitrogens with zero attached hydrogens (tertiary/aromatic N) is 2. The molecular formula is C24H37IN4O3. The summed E-state index contributed by atoms with van der Waals surface area (Å²) in [5, 5.41) is 17.1. The summed E-state index contributed by atoms with van der Waals surface area (Å²) in [4.78, 5) is 7.11. The Labute approximate surface area is 208 Å². The Morgan fingerprint density at radius 2 is 1.78 bits per heavy atom. The van der Waals surface area contributed by atoms with E-state index in [1.54, 1.807) is 25.3 Å². The fraction of sp³-hybridized carbons (Fsp3) is 0.542. The second-order valence-electron chi connectivity index (χ2n) is 8.57. The minimum Gasteiger partial charge on any atom is -0.466 e. The molecule has 0 radical (unpaired) electrons. The van der Waals surface area contributed by atoms with Gasteiger partial charge in [0.2, 0.25) is 0 Å². The molecule has 1 fully saturated rings. The molecule has 2 aromatic rings. The van der Waals surface area contributed by atoms with Gasteiger partial charge in [-0.15, -0.1) is 24.0 Å². The average molecular weight is 556 g/mol. The highest BCUT2D eigenvalue weighted by Gasteiger charge is 2.26. The summed E-state index contributed by atoms with van der Waals surface area (Å²) >= 11 is 0. The van der Waals surface area contributed by atoms with Crippen LogP contribution in [0.2, 0.25) is 0 Å². The average Bonchev–Trinajstić information content (AvgIpc) is 3.26. The third-order valence-electron chi connectivity index (χ3n) is 5.34. The van der Waals surface area contributed by atoms with Crippen molar-refractivity contribution in [2.45, 2.75) is 58.6 Å². The Bertz CT molecular complexity index is 814. The first kappa shape index (κ1) is 26.6. The van der Waals surface area contributed by atoms with Crippen molar-refractivity contribution < 1.29 is 14.3 Å². The van der Waals surface area contributed by atoms with Crippen LogP contribution in [0.15, 0.2) is 52.1 Å². The number of benzene rings is 1. The lowest BCUT2D eigenvalue weighted by molar-refractivity contribution is -0.0704. The molecule has 32 heavy (non-hydrogen) atoms. The maximum atomic E-state index is 10.6. The van der Waals surface area contributed by atoms with Crippen LogP contribution in [0, 0.1) is 0 Å². The van der Waals surface area contributed by atoms with E-state index < -0.39 is 5.60 Å². The van der Waals surface area contributed by atoms with Crippen LogP contribution in [0.1, 0.15) is 44.6 Å². The van der Waals surface area contributed by atoms with Gasteiger partial charge in [-0.05, 0) is 51.0 Å². The molecule has 2 heterocycles. The summed E-state index contributed by atoms with van der Waals surface area (Å²) in [7, 11) is 0. The summed E-state index contributed by atoms with van der Waals surface area (Å²) in [6, 6.07) is 12.2. The third-order valence-corrected chi connectivity index (χ3v) is 5.34. The van der Waals surface area contributed by atoms with Gasteiger partial charge in [0.05, 0.1) is 31.6 Å². The van der Waals surface area contributed by atoms with Crippen molar-refractivity contribution in [3.63, 3.8) is 0 Å². The van der Waals surface area contributed by atoms with Crippen LogP contribution in [-0.2, 0) is 23.4 Å². The highest BCUT2D eigenvalue weighted by molar-refractivity contribution is 14.0. The predicted octanol–water partition coefficient (Wildman–Crippen LogP) is 3.47. The van der Waals surface area contributed by atoms with Crippen LogP contribution in [0.5, 0.6) is 0 Å². The second kappa shape index (κ2) is 12.6. The normalized spacial score (nSPS) is 21.5. The number of hydrogen-bond acceptors (Lipinski definition) is 5. The minimum atomic E-state index is -1.12. The van der Waals surface area contributed by atoms with Gasteiger partial charge in [0.15, 0.2) is 5.96 Å². The van der Waals surface area contributed by atoms with Crippen LogP contribution in [-0.4, -0.2) is 54.4 Å². The molecule has 1 aliphatic heterocycles. The van der Waals surface area contributed by atoms with E-state index in [-0.39, 0.29) is 36.2 Å². The number of morpholine rings is 1. The number of rotatable bonds is 8. The van der Waals surface area contributed by atoms with Gasteiger partial charge in [-0.3, -0.25) is 4.90 Å². The Morgan fingerprint density at radius 1 is 1.12 bits per heavy atom. The summed E-state index contributed by atoms with van der Waals surface area (Å²) in [6.45, 7) is 12.5. The maximum Gasteiger partial charge on any atom is 0.191 e. The predicted molar refractivity (Wildman–Crippen MR) is 138 cm³/mol. The number of furan rings is 1. The lowest BCUT2D eigenvalue weighted by Crippen LogP contribution is -2.44. The van der Waals surface area contributed by atoms with E-state index in [2.05, 4.69) is 58.6 Å². The van der Waals surface area contributed by atoms with E-state index in [9.17, 15) is 5.11 Å². The molecule has 1 aromatic heterocycles. The molecule has 0 aliphatic carbocycles. The summed E-state index contributed by atoms with van der Waals surface area (Å²) < 4.78 is 11.2. The summed E-state index contributed by atoms with van der Waals surface area (Å²) in [5.74, 6) is 1.19. The lowest BCUT2D eigenvalue weighted by atomic mass is 10.0. The first-order chi connectivity index (χ1) is 14.9. The van der Waals surface area contributed by atoms with Gasteiger partial charge in [-0.25, -0.2) is 4.99 Å². The molecule has 1 aliphatic rings. The number of hydrogen-bond donors (Lipinski definition) is 3. The molecular weight excluding hydrogens is 519 g/mol. The molecule has 1 aromatic carbocycles. The Hall–Kier alpha value is -1.62. The van der Waals surface area contributed by atoms with Gasteiger partial charge >= 0.3 is 0 Å². The molecule has 178 valence electrons. The zero-order valence-electron chi connectivity index (χ0n) is 19.5. The number of guanidine groups is 1. The molecule has 0 saturated carbocycles. The summed E-state index contributed by atoms with van der Waals surface area (Å²) in [5.41, 5.74) is 1.33. The molecule has 0 bridgehead atoms. The fourth-order valence-electron chi connectivity index (χ4n) is 3.86. The molecule has 3 N–H and O–H groups in total. The second-order valence-corrected chi connectivity index (χ2v) is 8.57. The SMILES string of the molecule is CCNC(=NCc1ccc(CN2CC(C)OC(C)C2)cc1)NCC(C)(O)c1ccco1.I. The van der Waals surface area contributed by atoms with E-state index in [1.165, 1.54) is 5.56 Å². The zero-order valence-corrected chi connectivity index (χ0v) is 21.8. The van der Waals surface area contributed by atoms with E-state index in [1.807, 2.05) is 6.92 Å². The third kappa shape index (κ3) is 8.06. The van der Waals surface area contributed by atoms with Gasteiger partial charge < -0.3 is 24.9 Å². The molecule has 7 nitrogen and oxygen atoms in total. The largest absolute Gasteiger partial charge is 0.466 e. The van der Waals surface area contributed by atoms with Crippen molar-refractivity contribution in [1.29, 1.82) is 0 Å². The fourth-order valence-corrected chi connectivity index (χ4v) is 3.86. The van der Waals surface area contributed by atoms with Crippen molar-refractivity contribution in [3.05, 3.63) is 59.5 Å². The topological polar surface area (TPSA) is 82.3 Å².